The molecule has 20 heavy (non-hydrogen) atoms. The number of carbonyl (C=O) groups excluding carboxylic acids is 1. The van der Waals surface area contributed by atoms with Gasteiger partial charge in [0, 0.05) is 37.6 Å². The smallest absolute Gasteiger partial charge is 0.289 e. The predicted molar refractivity (Wildman–Crippen MR) is 81.9 cm³/mol. The third-order valence-electron chi connectivity index (χ3n) is 3.40. The van der Waals surface area contributed by atoms with Gasteiger partial charge in [0.1, 0.15) is 0 Å². The van der Waals surface area contributed by atoms with Gasteiger partial charge in [-0.1, -0.05) is 6.07 Å². The first-order valence-electron chi connectivity index (χ1n) is 6.52. The summed E-state index contributed by atoms with van der Waals surface area (Å²) in [6, 6.07) is 7.70. The SMILES string of the molecule is O=C(c1ccc(Br)o1)N1CCN(Cc2cccs2)CC1. The van der Waals surface area contributed by atoms with Crippen molar-refractivity contribution in [2.24, 2.45) is 0 Å². The van der Waals surface area contributed by atoms with E-state index in [0.717, 1.165) is 32.7 Å². The van der Waals surface area contributed by atoms with Crippen LogP contribution in [0.1, 0.15) is 15.4 Å². The van der Waals surface area contributed by atoms with Crippen molar-refractivity contribution < 1.29 is 9.21 Å². The maximum Gasteiger partial charge on any atom is 0.289 e. The van der Waals surface area contributed by atoms with Crippen molar-refractivity contribution in [3.05, 3.63) is 45.0 Å². The molecule has 3 heterocycles. The summed E-state index contributed by atoms with van der Waals surface area (Å²) in [5, 5.41) is 2.10. The molecule has 0 radical (unpaired) electrons. The van der Waals surface area contributed by atoms with E-state index in [1.54, 1.807) is 23.5 Å². The predicted octanol–water partition coefficient (Wildman–Crippen LogP) is 3.06. The second-order valence-electron chi connectivity index (χ2n) is 4.75. The molecular weight excluding hydrogens is 340 g/mol. The number of hydrogen-bond acceptors (Lipinski definition) is 4. The normalized spacial score (nSPS) is 16.6. The highest BCUT2D eigenvalue weighted by molar-refractivity contribution is 9.10. The zero-order chi connectivity index (χ0) is 13.9. The van der Waals surface area contributed by atoms with E-state index in [9.17, 15) is 4.79 Å². The summed E-state index contributed by atoms with van der Waals surface area (Å²) in [6.45, 7) is 4.30. The van der Waals surface area contributed by atoms with Crippen LogP contribution in [0.3, 0.4) is 0 Å². The molecule has 3 rings (SSSR count). The maximum absolute atomic E-state index is 12.2. The van der Waals surface area contributed by atoms with E-state index in [-0.39, 0.29) is 5.91 Å². The minimum Gasteiger partial charge on any atom is -0.444 e. The quantitative estimate of drug-likeness (QED) is 0.849. The van der Waals surface area contributed by atoms with Crippen LogP contribution in [0.4, 0.5) is 0 Å². The molecule has 1 saturated heterocycles. The Morgan fingerprint density at radius 3 is 2.65 bits per heavy atom. The van der Waals surface area contributed by atoms with Crippen LogP contribution in [0.5, 0.6) is 0 Å². The summed E-state index contributed by atoms with van der Waals surface area (Å²) in [6.07, 6.45) is 0. The number of hydrogen-bond donors (Lipinski definition) is 0. The molecule has 0 aromatic carbocycles. The van der Waals surface area contributed by atoms with Crippen LogP contribution >= 0.6 is 27.3 Å². The lowest BCUT2D eigenvalue weighted by molar-refractivity contribution is 0.0597. The molecule has 0 unspecified atom stereocenters. The van der Waals surface area contributed by atoms with Crippen molar-refractivity contribution in [1.82, 2.24) is 9.80 Å². The molecule has 1 fully saturated rings. The average Bonchev–Trinajstić information content (AvgIpc) is 3.10. The molecule has 4 nitrogen and oxygen atoms in total. The fourth-order valence-corrected chi connectivity index (χ4v) is 3.37. The molecule has 2 aromatic heterocycles. The Morgan fingerprint density at radius 1 is 1.25 bits per heavy atom. The number of furan rings is 1. The largest absolute Gasteiger partial charge is 0.444 e. The summed E-state index contributed by atoms with van der Waals surface area (Å²) in [7, 11) is 0. The lowest BCUT2D eigenvalue weighted by Crippen LogP contribution is -2.48. The monoisotopic (exact) mass is 354 g/mol. The highest BCUT2D eigenvalue weighted by atomic mass is 79.9. The minimum absolute atomic E-state index is 0.0218. The van der Waals surface area contributed by atoms with Crippen molar-refractivity contribution >= 4 is 33.2 Å². The second kappa shape index (κ2) is 6.11. The fraction of sp³-hybridized carbons (Fsp3) is 0.357. The Balaban J connectivity index is 1.54. The second-order valence-corrected chi connectivity index (χ2v) is 6.57. The third-order valence-corrected chi connectivity index (χ3v) is 4.69. The fourth-order valence-electron chi connectivity index (χ4n) is 2.32. The van der Waals surface area contributed by atoms with E-state index >= 15 is 0 Å². The lowest BCUT2D eigenvalue weighted by atomic mass is 10.2. The molecule has 0 saturated carbocycles. The van der Waals surface area contributed by atoms with Gasteiger partial charge in [0.2, 0.25) is 0 Å². The first-order valence-corrected chi connectivity index (χ1v) is 8.19. The summed E-state index contributed by atoms with van der Waals surface area (Å²) in [4.78, 5) is 17.8. The van der Waals surface area contributed by atoms with Crippen LogP contribution < -0.4 is 0 Å². The Kier molecular flexibility index (Phi) is 4.24. The van der Waals surface area contributed by atoms with Gasteiger partial charge in [-0.15, -0.1) is 11.3 Å². The number of halogens is 1. The van der Waals surface area contributed by atoms with Crippen molar-refractivity contribution in [2.75, 3.05) is 26.2 Å². The number of thiophene rings is 1. The summed E-state index contributed by atoms with van der Waals surface area (Å²) < 4.78 is 5.92. The van der Waals surface area contributed by atoms with E-state index in [1.807, 2.05) is 4.90 Å². The van der Waals surface area contributed by atoms with Crippen molar-refractivity contribution in [1.29, 1.82) is 0 Å². The van der Waals surface area contributed by atoms with Crippen LogP contribution in [0.2, 0.25) is 0 Å². The standard InChI is InChI=1S/C14H15BrN2O2S/c15-13-4-3-12(19-13)14(18)17-7-5-16(6-8-17)10-11-2-1-9-20-11/h1-4,9H,5-8,10H2. The van der Waals surface area contributed by atoms with Crippen LogP contribution in [0.15, 0.2) is 38.7 Å². The molecule has 106 valence electrons. The number of amides is 1. The average molecular weight is 355 g/mol. The maximum atomic E-state index is 12.2. The Bertz CT molecular complexity index is 574. The zero-order valence-electron chi connectivity index (χ0n) is 10.9. The molecule has 0 aliphatic carbocycles. The molecule has 0 bridgehead atoms. The molecular formula is C14H15BrN2O2S. The van der Waals surface area contributed by atoms with Crippen LogP contribution in [0.25, 0.3) is 0 Å². The number of rotatable bonds is 3. The van der Waals surface area contributed by atoms with Gasteiger partial charge in [0.05, 0.1) is 0 Å². The van der Waals surface area contributed by atoms with E-state index in [2.05, 4.69) is 38.3 Å². The molecule has 1 aliphatic rings. The molecule has 6 heteroatoms. The van der Waals surface area contributed by atoms with E-state index in [0.29, 0.717) is 10.4 Å². The lowest BCUT2D eigenvalue weighted by Gasteiger charge is -2.34. The topological polar surface area (TPSA) is 36.7 Å². The van der Waals surface area contributed by atoms with Crippen LogP contribution in [-0.2, 0) is 6.54 Å². The van der Waals surface area contributed by atoms with Gasteiger partial charge in [-0.3, -0.25) is 9.69 Å². The Labute approximate surface area is 130 Å². The van der Waals surface area contributed by atoms with E-state index in [4.69, 9.17) is 4.42 Å². The van der Waals surface area contributed by atoms with Gasteiger partial charge in [-0.05, 0) is 39.5 Å². The number of carbonyl (C=O) groups is 1. The minimum atomic E-state index is -0.0218. The highest BCUT2D eigenvalue weighted by Gasteiger charge is 2.24. The van der Waals surface area contributed by atoms with Gasteiger partial charge in [-0.2, -0.15) is 0 Å². The summed E-state index contributed by atoms with van der Waals surface area (Å²) in [5.74, 6) is 0.384. The molecule has 0 spiro atoms. The van der Waals surface area contributed by atoms with Crippen molar-refractivity contribution in [2.45, 2.75) is 6.54 Å². The van der Waals surface area contributed by atoms with Crippen LogP contribution in [0, 0.1) is 0 Å². The zero-order valence-corrected chi connectivity index (χ0v) is 13.3. The van der Waals surface area contributed by atoms with Gasteiger partial charge in [0.15, 0.2) is 10.4 Å². The molecule has 2 aromatic rings. The summed E-state index contributed by atoms with van der Waals surface area (Å²) >= 11 is 5.00. The third kappa shape index (κ3) is 3.13. The Hall–Kier alpha value is -1.11. The number of piperazine rings is 1. The van der Waals surface area contributed by atoms with Crippen molar-refractivity contribution in [3.63, 3.8) is 0 Å². The van der Waals surface area contributed by atoms with Gasteiger partial charge in [0.25, 0.3) is 5.91 Å². The first kappa shape index (κ1) is 13.9. The van der Waals surface area contributed by atoms with E-state index < -0.39 is 0 Å². The Morgan fingerprint density at radius 2 is 2.05 bits per heavy atom. The first-order chi connectivity index (χ1) is 9.72. The van der Waals surface area contributed by atoms with Gasteiger partial charge < -0.3 is 9.32 Å². The van der Waals surface area contributed by atoms with Crippen LogP contribution in [-0.4, -0.2) is 41.9 Å². The molecule has 0 atom stereocenters. The summed E-state index contributed by atoms with van der Waals surface area (Å²) in [5.41, 5.74) is 0. The highest BCUT2D eigenvalue weighted by Crippen LogP contribution is 2.18. The van der Waals surface area contributed by atoms with Crippen molar-refractivity contribution in [3.8, 4) is 0 Å². The van der Waals surface area contributed by atoms with E-state index in [1.165, 1.54) is 4.88 Å². The number of nitrogens with zero attached hydrogens (tertiary/aromatic N) is 2. The molecule has 1 aliphatic heterocycles. The molecule has 0 N–H and O–H groups in total. The van der Waals surface area contributed by atoms with Gasteiger partial charge >= 0.3 is 0 Å². The molecule has 1 amide bonds. The van der Waals surface area contributed by atoms with Gasteiger partial charge in [-0.25, -0.2) is 0 Å².